The minimum Gasteiger partial charge on any atom is -0.354 e. The van der Waals surface area contributed by atoms with Crippen molar-refractivity contribution < 1.29 is 4.79 Å². The van der Waals surface area contributed by atoms with E-state index in [0.717, 1.165) is 11.7 Å². The molecule has 2 atom stereocenters. The highest BCUT2D eigenvalue weighted by Gasteiger charge is 2.24. The highest BCUT2D eigenvalue weighted by molar-refractivity contribution is 14.0. The molecule has 1 amide bonds. The van der Waals surface area contributed by atoms with Gasteiger partial charge >= 0.3 is 0 Å². The Kier molecular flexibility index (Phi) is 9.68. The smallest absolute Gasteiger partial charge is 0.239 e. The van der Waals surface area contributed by atoms with Crippen LogP contribution in [0.5, 0.6) is 0 Å². The average Bonchev–Trinajstić information content (AvgIpc) is 2.80. The molecule has 0 radical (unpaired) electrons. The normalized spacial score (nSPS) is 22.4. The number of carbonyl (C=O) groups excluding carboxylic acids is 1. The van der Waals surface area contributed by atoms with Crippen LogP contribution in [0.15, 0.2) is 4.99 Å². The summed E-state index contributed by atoms with van der Waals surface area (Å²) in [7, 11) is 1.73. The Labute approximate surface area is 149 Å². The van der Waals surface area contributed by atoms with Gasteiger partial charge in [0.1, 0.15) is 0 Å². The van der Waals surface area contributed by atoms with Gasteiger partial charge in [0.2, 0.25) is 5.91 Å². The van der Waals surface area contributed by atoms with E-state index in [1.807, 2.05) is 32.5 Å². The van der Waals surface area contributed by atoms with Crippen molar-refractivity contribution in [3.05, 3.63) is 0 Å². The van der Waals surface area contributed by atoms with E-state index in [9.17, 15) is 4.79 Å². The lowest BCUT2D eigenvalue weighted by atomic mass is 10.1. The van der Waals surface area contributed by atoms with Crippen LogP contribution >= 0.6 is 35.7 Å². The van der Waals surface area contributed by atoms with Gasteiger partial charge in [-0.15, -0.1) is 24.0 Å². The second kappa shape index (κ2) is 9.76. The minimum absolute atomic E-state index is 0. The van der Waals surface area contributed by atoms with Crippen molar-refractivity contribution in [1.82, 2.24) is 16.0 Å². The first-order chi connectivity index (χ1) is 9.34. The second-order valence-electron chi connectivity index (χ2n) is 6.24. The monoisotopic (exact) mass is 428 g/mol. The van der Waals surface area contributed by atoms with Gasteiger partial charge in [-0.25, -0.2) is 0 Å². The number of nitrogens with one attached hydrogen (secondary N) is 3. The molecule has 0 bridgehead atoms. The van der Waals surface area contributed by atoms with Crippen LogP contribution in [0, 0.1) is 0 Å². The lowest BCUT2D eigenvalue weighted by molar-refractivity contribution is -0.121. The first-order valence-corrected chi connectivity index (χ1v) is 8.44. The van der Waals surface area contributed by atoms with E-state index in [1.165, 1.54) is 12.8 Å². The zero-order chi connectivity index (χ0) is 15.2. The molecular weight excluding hydrogens is 399 g/mol. The van der Waals surface area contributed by atoms with Gasteiger partial charge in [0.25, 0.3) is 0 Å². The van der Waals surface area contributed by atoms with Gasteiger partial charge in [0, 0.05) is 23.9 Å². The third kappa shape index (κ3) is 8.75. The van der Waals surface area contributed by atoms with Crippen LogP contribution in [0.2, 0.25) is 0 Å². The molecule has 0 aromatic carbocycles. The average molecular weight is 428 g/mol. The Hall–Kier alpha value is -0.180. The molecule has 1 rings (SSSR count). The zero-order valence-corrected chi connectivity index (χ0v) is 16.8. The number of halogens is 1. The molecule has 2 unspecified atom stereocenters. The molecule has 5 nitrogen and oxygen atoms in total. The molecule has 0 saturated heterocycles. The van der Waals surface area contributed by atoms with E-state index in [2.05, 4.69) is 27.2 Å². The van der Waals surface area contributed by atoms with E-state index in [0.29, 0.717) is 12.0 Å². The molecule has 0 aliphatic heterocycles. The van der Waals surface area contributed by atoms with Crippen molar-refractivity contribution in [1.29, 1.82) is 0 Å². The predicted molar refractivity (Wildman–Crippen MR) is 103 cm³/mol. The summed E-state index contributed by atoms with van der Waals surface area (Å²) in [5, 5.41) is 10.1. The molecule has 0 aromatic heterocycles. The molecular formula is C14H29IN4OS. The maximum Gasteiger partial charge on any atom is 0.239 e. The second-order valence-corrected chi connectivity index (χ2v) is 7.37. The SMILES string of the molecule is CN=C(NCC(=O)NC(C)(C)C)NC1CCC(SC)C1.I. The van der Waals surface area contributed by atoms with E-state index < -0.39 is 0 Å². The number of hydrogen-bond donors (Lipinski definition) is 3. The maximum atomic E-state index is 11.8. The molecule has 1 aliphatic carbocycles. The molecule has 0 spiro atoms. The third-order valence-corrected chi connectivity index (χ3v) is 4.31. The fraction of sp³-hybridized carbons (Fsp3) is 0.857. The van der Waals surface area contributed by atoms with E-state index >= 15 is 0 Å². The van der Waals surface area contributed by atoms with Crippen molar-refractivity contribution in [3.63, 3.8) is 0 Å². The van der Waals surface area contributed by atoms with E-state index in [-0.39, 0.29) is 42.0 Å². The molecule has 21 heavy (non-hydrogen) atoms. The molecule has 124 valence electrons. The van der Waals surface area contributed by atoms with Crippen molar-refractivity contribution in [3.8, 4) is 0 Å². The van der Waals surface area contributed by atoms with Crippen molar-refractivity contribution in [2.24, 2.45) is 4.99 Å². The lowest BCUT2D eigenvalue weighted by Gasteiger charge is -2.22. The van der Waals surface area contributed by atoms with Crippen LogP contribution in [0.1, 0.15) is 40.0 Å². The number of thioether (sulfide) groups is 1. The van der Waals surface area contributed by atoms with Crippen LogP contribution in [0.4, 0.5) is 0 Å². The molecule has 0 heterocycles. The largest absolute Gasteiger partial charge is 0.354 e. The zero-order valence-electron chi connectivity index (χ0n) is 13.7. The first kappa shape index (κ1) is 20.8. The summed E-state index contributed by atoms with van der Waals surface area (Å²) in [6, 6.07) is 0.462. The molecule has 1 aliphatic rings. The van der Waals surface area contributed by atoms with Gasteiger partial charge < -0.3 is 16.0 Å². The lowest BCUT2D eigenvalue weighted by Crippen LogP contribution is -2.49. The van der Waals surface area contributed by atoms with Crippen LogP contribution in [0.3, 0.4) is 0 Å². The molecule has 0 aromatic rings. The molecule has 7 heteroatoms. The topological polar surface area (TPSA) is 65.5 Å². The number of guanidine groups is 1. The quantitative estimate of drug-likeness (QED) is 0.364. The standard InChI is InChI=1S/C14H28N4OS.HI/c1-14(2,3)18-12(19)9-16-13(15-4)17-10-6-7-11(8-10)20-5;/h10-11H,6-9H2,1-5H3,(H,18,19)(H2,15,16,17);1H. The molecule has 1 fully saturated rings. The number of carbonyl (C=O) groups is 1. The predicted octanol–water partition coefficient (Wildman–Crippen LogP) is 1.97. The van der Waals surface area contributed by atoms with Gasteiger partial charge in [-0.1, -0.05) is 0 Å². The van der Waals surface area contributed by atoms with Crippen molar-refractivity contribution in [2.45, 2.75) is 56.9 Å². The third-order valence-electron chi connectivity index (χ3n) is 3.21. The summed E-state index contributed by atoms with van der Waals surface area (Å²) in [4.78, 5) is 15.9. The van der Waals surface area contributed by atoms with E-state index in [4.69, 9.17) is 0 Å². The van der Waals surface area contributed by atoms with Crippen LogP contribution in [-0.2, 0) is 4.79 Å². The van der Waals surface area contributed by atoms with Crippen LogP contribution in [0.25, 0.3) is 0 Å². The Balaban J connectivity index is 0.00000400. The van der Waals surface area contributed by atoms with Gasteiger partial charge in [0.15, 0.2) is 5.96 Å². The molecule has 3 N–H and O–H groups in total. The Morgan fingerprint density at radius 1 is 1.33 bits per heavy atom. The van der Waals surface area contributed by atoms with Crippen molar-refractivity contribution in [2.75, 3.05) is 19.8 Å². The number of rotatable bonds is 4. The first-order valence-electron chi connectivity index (χ1n) is 7.15. The Morgan fingerprint density at radius 2 is 2.00 bits per heavy atom. The number of nitrogens with zero attached hydrogens (tertiary/aromatic N) is 1. The summed E-state index contributed by atoms with van der Waals surface area (Å²) in [5.41, 5.74) is -0.202. The van der Waals surface area contributed by atoms with E-state index in [1.54, 1.807) is 7.05 Å². The number of hydrogen-bond acceptors (Lipinski definition) is 3. The summed E-state index contributed by atoms with van der Waals surface area (Å²) < 4.78 is 0. The summed E-state index contributed by atoms with van der Waals surface area (Å²) in [6.07, 6.45) is 5.74. The number of amides is 1. The maximum absolute atomic E-state index is 11.8. The fourth-order valence-corrected chi connectivity index (χ4v) is 3.10. The highest BCUT2D eigenvalue weighted by atomic mass is 127. The van der Waals surface area contributed by atoms with Gasteiger partial charge in [-0.3, -0.25) is 9.79 Å². The van der Waals surface area contributed by atoms with Gasteiger partial charge in [-0.2, -0.15) is 11.8 Å². The summed E-state index contributed by atoms with van der Waals surface area (Å²) in [6.45, 7) is 6.16. The Morgan fingerprint density at radius 3 is 2.48 bits per heavy atom. The Bertz CT molecular complexity index is 357. The fourth-order valence-electron chi connectivity index (χ4n) is 2.30. The highest BCUT2D eigenvalue weighted by Crippen LogP contribution is 2.27. The van der Waals surface area contributed by atoms with Crippen LogP contribution in [-0.4, -0.2) is 48.5 Å². The van der Waals surface area contributed by atoms with Gasteiger partial charge in [-0.05, 0) is 46.3 Å². The van der Waals surface area contributed by atoms with Crippen LogP contribution < -0.4 is 16.0 Å². The van der Waals surface area contributed by atoms with Crippen molar-refractivity contribution >= 4 is 47.6 Å². The summed E-state index contributed by atoms with van der Waals surface area (Å²) >= 11 is 1.93. The summed E-state index contributed by atoms with van der Waals surface area (Å²) in [5.74, 6) is 0.690. The number of aliphatic imine (C=N–C) groups is 1. The minimum atomic E-state index is -0.202. The molecule has 1 saturated carbocycles. The van der Waals surface area contributed by atoms with Gasteiger partial charge in [0.05, 0.1) is 6.54 Å².